The van der Waals surface area contributed by atoms with E-state index >= 15 is 0 Å². The summed E-state index contributed by atoms with van der Waals surface area (Å²) in [5.41, 5.74) is 18.9. The number of rotatable bonds is 38. The minimum Gasteiger partial charge on any atom is -1.00 e. The smallest absolute Gasteiger partial charge is 1.00 e. The first-order valence-electron chi connectivity index (χ1n) is 42.8. The summed E-state index contributed by atoms with van der Waals surface area (Å²) in [5.74, 6) is -2.80. The fraction of sp³-hybridized carbons (Fsp3) is 0.220. The van der Waals surface area contributed by atoms with Crippen LogP contribution in [0.25, 0.3) is 0 Å². The van der Waals surface area contributed by atoms with Gasteiger partial charge < -0.3 is 43.2 Å². The largest absolute Gasteiger partial charge is 1.00 e. The fourth-order valence-electron chi connectivity index (χ4n) is 16.8. The van der Waals surface area contributed by atoms with Crippen LogP contribution < -0.4 is 34.1 Å². The van der Waals surface area contributed by atoms with Crippen molar-refractivity contribution >= 4 is 128 Å². The van der Waals surface area contributed by atoms with Gasteiger partial charge in [0.05, 0.1) is 57.1 Å². The number of quaternary nitrogens is 1. The van der Waals surface area contributed by atoms with Gasteiger partial charge in [-0.25, -0.2) is 26.8 Å². The van der Waals surface area contributed by atoms with E-state index in [4.69, 9.17) is 14.5 Å². The maximum atomic E-state index is 12.6. The molecule has 12 aromatic carbocycles. The van der Waals surface area contributed by atoms with Crippen LogP contribution in [-0.4, -0.2) is 109 Å². The molecule has 0 saturated heterocycles. The van der Waals surface area contributed by atoms with E-state index in [0.29, 0.717) is 68.7 Å². The summed E-state index contributed by atoms with van der Waals surface area (Å²) in [7, 11) is -30.7. The van der Waals surface area contributed by atoms with Crippen molar-refractivity contribution in [1.29, 1.82) is 0 Å². The molecule has 35 heteroatoms. The number of hydrogen-bond acceptors (Lipinski definition) is 21. The summed E-state index contributed by atoms with van der Waals surface area (Å²) >= 11 is 0. The molecule has 13 rings (SSSR count). The third-order valence-corrected chi connectivity index (χ3v) is 30.2. The first-order valence-corrected chi connectivity index (χ1v) is 52.9. The molecule has 27 nitrogen and oxygen atoms in total. The molecule has 0 aromatic heterocycles. The summed E-state index contributed by atoms with van der Waals surface area (Å²) in [6, 6.07) is 79.3. The summed E-state index contributed by atoms with van der Waals surface area (Å²) in [6.07, 6.45) is 11.0. The van der Waals surface area contributed by atoms with Crippen molar-refractivity contribution in [1.82, 2.24) is 0 Å². The first kappa shape index (κ1) is 104. The second-order valence-electron chi connectivity index (χ2n) is 33.5. The van der Waals surface area contributed by atoms with Gasteiger partial charge in [0.25, 0.3) is 50.6 Å². The fourth-order valence-corrected chi connectivity index (χ4v) is 20.1. The lowest BCUT2D eigenvalue weighted by Gasteiger charge is -2.33. The van der Waals surface area contributed by atoms with Crippen LogP contribution in [0.15, 0.2) is 360 Å². The molecule has 1 aliphatic rings. The molecule has 11 N–H and O–H groups in total. The van der Waals surface area contributed by atoms with E-state index in [1.807, 2.05) is 154 Å². The molecular weight excluding hydrogens is 1880 g/mol. The molecule has 710 valence electrons. The maximum absolute atomic E-state index is 12.6. The van der Waals surface area contributed by atoms with Crippen molar-refractivity contribution in [2.75, 3.05) is 23.0 Å². The quantitative estimate of drug-likeness (QED) is 0.0128. The van der Waals surface area contributed by atoms with Gasteiger partial charge in [-0.15, -0.1) is 0 Å². The molecule has 0 saturated carbocycles. The van der Waals surface area contributed by atoms with E-state index in [0.717, 1.165) is 63.8 Å². The standard InChI is InChI=1S/C82H81N5O18S6.C18H23NO3S.ClH/c1-54(56-6-36-77(37-7-56)106(88,89)90)48-63(59-10-40-79(41-11-59)108(94,95)96)50-65(58-4-18-69(19-5-58)84-71-24-26-73(27-25-71)86-75-32-34-76(35-33-75)87-74-30-28-72(29-31-74)85-70-22-20-68(83-3)21-23-70)52-67(62-16-46-82(47-17-62)111(103,104)105)53-66(61-14-44-81(45-15-61)110(100,101)102)51-64(60-12-42-80(43-13-60)109(97,98)99)49-55(2)57-8-38-78(39-9-57)107(91,92)93;1-3-14(12-13(2)15-4-8-17(19)9-5-15)16-6-10-18(11-7-16)23(20,21)22;/h4-47,54-55,63-67,83-85H,48-53H2,1-3H3,(H,88,89,90)(H,91,92,93)(H,94,95,96)(H,97,98,99)(H,100,101,102)(H,103,104,105);4-11,13-14H,3,12,19H2,1-2H3,(H,20,21,22);1H. The molecule has 1 aliphatic carbocycles. The Hall–Kier alpha value is -11.5. The average Bonchev–Trinajstić information content (AvgIpc) is 0.800. The molecule has 135 heavy (non-hydrogen) atoms. The zero-order valence-corrected chi connectivity index (χ0v) is 80.5. The average molecular weight is 1990 g/mol. The van der Waals surface area contributed by atoms with Crippen LogP contribution in [0.5, 0.6) is 0 Å². The molecule has 0 radical (unpaired) electrons. The van der Waals surface area contributed by atoms with Crippen molar-refractivity contribution in [2.24, 2.45) is 9.98 Å². The molecule has 9 atom stereocenters. The number of halogens is 1. The third-order valence-electron chi connectivity index (χ3n) is 24.2. The predicted octanol–water partition coefficient (Wildman–Crippen LogP) is 17.9. The normalized spacial score (nSPS) is 14.6. The van der Waals surface area contributed by atoms with Crippen molar-refractivity contribution in [3.8, 4) is 0 Å². The highest BCUT2D eigenvalue weighted by molar-refractivity contribution is 7.87. The van der Waals surface area contributed by atoms with Gasteiger partial charge in [-0.3, -0.25) is 22.8 Å². The third kappa shape index (κ3) is 29.7. The lowest BCUT2D eigenvalue weighted by molar-refractivity contribution is -0.254. The Bertz CT molecular complexity index is 7080. The van der Waals surface area contributed by atoms with Crippen molar-refractivity contribution < 1.29 is 112 Å². The van der Waals surface area contributed by atoms with Crippen molar-refractivity contribution in [2.45, 2.75) is 167 Å². The number of nitrogens with zero attached hydrogens (tertiary/aromatic N) is 2. The van der Waals surface area contributed by atoms with Gasteiger partial charge in [-0.05, 0) is 361 Å². The van der Waals surface area contributed by atoms with Gasteiger partial charge in [0.2, 0.25) is 0 Å². The predicted molar refractivity (Wildman–Crippen MR) is 520 cm³/mol. The molecule has 0 aliphatic heterocycles. The minimum atomic E-state index is -4.99. The second-order valence-corrected chi connectivity index (χ2v) is 43.4. The van der Waals surface area contributed by atoms with Gasteiger partial charge in [-0.2, -0.15) is 42.1 Å². The molecular formula is C100H105ClN6O21S7. The van der Waals surface area contributed by atoms with Crippen molar-refractivity contribution in [3.63, 3.8) is 0 Å². The van der Waals surface area contributed by atoms with Gasteiger partial charge in [0.1, 0.15) is 25.9 Å². The Morgan fingerprint density at radius 1 is 0.281 bits per heavy atom. The van der Waals surface area contributed by atoms with Crippen molar-refractivity contribution in [3.05, 3.63) is 366 Å². The maximum Gasteiger partial charge on any atom is 1.00 e. The number of hydrogen-bond donors (Lipinski definition) is 9. The minimum absolute atomic E-state index is 0. The van der Waals surface area contributed by atoms with Gasteiger partial charge in [-0.1, -0.05) is 137 Å². The van der Waals surface area contributed by atoms with E-state index in [1.165, 1.54) is 115 Å². The van der Waals surface area contributed by atoms with E-state index < -0.39 is 115 Å². The lowest BCUT2D eigenvalue weighted by atomic mass is 9.71. The lowest BCUT2D eigenvalue weighted by Crippen LogP contribution is -3.00. The van der Waals surface area contributed by atoms with E-state index in [2.05, 4.69) is 47.7 Å². The highest BCUT2D eigenvalue weighted by atomic mass is 35.5. The van der Waals surface area contributed by atoms with Crippen LogP contribution >= 0.6 is 0 Å². The number of anilines is 5. The molecule has 0 fully saturated rings. The molecule has 9 unspecified atom stereocenters. The number of nitrogens with one attached hydrogen (secondary N) is 3. The first-order chi connectivity index (χ1) is 63.3. The second kappa shape index (κ2) is 45.0. The zero-order chi connectivity index (χ0) is 96.7. The highest BCUT2D eigenvalue weighted by Gasteiger charge is 2.33. The monoisotopic (exact) mass is 1980 g/mol. The van der Waals surface area contributed by atoms with Gasteiger partial charge in [0, 0.05) is 35.5 Å². The highest BCUT2D eigenvalue weighted by Crippen LogP contribution is 2.48. The molecule has 0 bridgehead atoms. The number of aliphatic imine (C=N–C) groups is 2. The van der Waals surface area contributed by atoms with Crippen LogP contribution in [-0.2, 0) is 70.8 Å². The summed E-state index contributed by atoms with van der Waals surface area (Å²) in [5, 5.41) is 9.98. The summed E-state index contributed by atoms with van der Waals surface area (Å²) in [6.45, 7) is 8.13. The van der Waals surface area contributed by atoms with Crippen LogP contribution in [0.3, 0.4) is 0 Å². The Kier molecular flexibility index (Phi) is 34.6. The molecule has 0 heterocycles. The molecule has 12 aromatic rings. The number of benzene rings is 12. The van der Waals surface area contributed by atoms with E-state index in [1.54, 1.807) is 60.7 Å². The van der Waals surface area contributed by atoms with Crippen LogP contribution in [0.1, 0.15) is 185 Å². The number of allylic oxidation sites excluding steroid dienone is 4. The van der Waals surface area contributed by atoms with Gasteiger partial charge in [0.15, 0.2) is 0 Å². The van der Waals surface area contributed by atoms with Crippen LogP contribution in [0.4, 0.5) is 45.5 Å². The van der Waals surface area contributed by atoms with Crippen LogP contribution in [0, 0.1) is 0 Å². The zero-order valence-electron chi connectivity index (χ0n) is 76.0. The Morgan fingerprint density at radius 2 is 0.474 bits per heavy atom. The van der Waals surface area contributed by atoms with E-state index in [-0.39, 0.29) is 78.8 Å². The SMILES string of the molecule is CCC(CC(C)c1ccc([NH3+])cc1)c1ccc(S(=O)(=O)O)cc1.CNc1ccc(Nc2ccc(N=C3C=CC(=Nc4ccc(Nc5ccc(C(CC(CC(C)c6ccc(S(=O)(=O)O)cc6)c6ccc(S(=O)(=O)O)cc6)CC(CC(CC(CC(C)c6ccc(S(=O)(=O)O)cc6)c6ccc(S(=O)(=O)O)cc6)c6ccc(S(=O)(=O)[O-])cc6)c6ccc(S(=O)(=O)[O-])cc6)cc5)cc4)C=C3)cc2)cc1.[Cl-].[H+].[H+]. The Labute approximate surface area is 798 Å². The molecule has 0 amide bonds. The molecule has 0 spiro atoms. The van der Waals surface area contributed by atoms with Gasteiger partial charge >= 0.3 is 2.85 Å². The van der Waals surface area contributed by atoms with E-state index in [9.17, 15) is 86.2 Å². The summed E-state index contributed by atoms with van der Waals surface area (Å²) < 4.78 is 245. The Morgan fingerprint density at radius 3 is 0.711 bits per heavy atom. The topological polar surface area (TPSA) is 475 Å². The Balaban J connectivity index is 0.000000705. The van der Waals surface area contributed by atoms with Crippen LogP contribution in [0.2, 0.25) is 0 Å². The summed E-state index contributed by atoms with van der Waals surface area (Å²) in [4.78, 5) is 7.09.